The van der Waals surface area contributed by atoms with Gasteiger partial charge >= 0.3 is 0 Å². The molecular formula is C8H14N2O3S. The Morgan fingerprint density at radius 2 is 2.36 bits per heavy atom. The summed E-state index contributed by atoms with van der Waals surface area (Å²) in [6, 6.07) is 1.62. The lowest BCUT2D eigenvalue weighted by Crippen LogP contribution is -2.51. The molecule has 1 saturated heterocycles. The molecule has 0 aliphatic carbocycles. The number of sulfonamides is 1. The third-order valence-electron chi connectivity index (χ3n) is 2.53. The zero-order chi connectivity index (χ0) is 10.8. The molecule has 6 heteroatoms. The minimum absolute atomic E-state index is 0.157. The average molecular weight is 218 g/mol. The lowest BCUT2D eigenvalue weighted by molar-refractivity contribution is 0.0957. The van der Waals surface area contributed by atoms with Crippen LogP contribution < -0.4 is 4.72 Å². The number of hydrogen-bond acceptors (Lipinski definition) is 4. The number of ether oxygens (including phenoxy) is 1. The Kier molecular flexibility index (Phi) is 3.14. The minimum Gasteiger partial charge on any atom is -0.376 e. The predicted molar refractivity (Wildman–Crippen MR) is 51.0 cm³/mol. The summed E-state index contributed by atoms with van der Waals surface area (Å²) >= 11 is 0. The van der Waals surface area contributed by atoms with Crippen LogP contribution in [0.15, 0.2) is 0 Å². The van der Waals surface area contributed by atoms with Gasteiger partial charge in [0.15, 0.2) is 5.75 Å². The Labute approximate surface area is 84.1 Å². The van der Waals surface area contributed by atoms with Crippen LogP contribution in [-0.2, 0) is 14.8 Å². The Hall–Kier alpha value is -0.640. The molecule has 14 heavy (non-hydrogen) atoms. The molecule has 1 N–H and O–H groups in total. The maximum atomic E-state index is 11.3. The van der Waals surface area contributed by atoms with Crippen LogP contribution in [0.25, 0.3) is 0 Å². The maximum absolute atomic E-state index is 11.3. The van der Waals surface area contributed by atoms with E-state index in [4.69, 9.17) is 10.00 Å². The van der Waals surface area contributed by atoms with Crippen LogP contribution in [0, 0.1) is 11.3 Å². The Morgan fingerprint density at radius 1 is 1.71 bits per heavy atom. The summed E-state index contributed by atoms with van der Waals surface area (Å²) in [5.74, 6) is -0.505. The first-order valence-electron chi connectivity index (χ1n) is 4.40. The average Bonchev–Trinajstić information content (AvgIpc) is 2.30. The summed E-state index contributed by atoms with van der Waals surface area (Å²) in [7, 11) is -3.50. The molecule has 0 radical (unpaired) electrons. The molecule has 0 spiro atoms. The summed E-state index contributed by atoms with van der Waals surface area (Å²) in [4.78, 5) is 0. The lowest BCUT2D eigenvalue weighted by atomic mass is 9.97. The van der Waals surface area contributed by atoms with E-state index in [9.17, 15) is 8.42 Å². The number of nitrogens with zero attached hydrogens (tertiary/aromatic N) is 1. The van der Waals surface area contributed by atoms with Gasteiger partial charge in [0.2, 0.25) is 10.0 Å². The van der Waals surface area contributed by atoms with Crippen molar-refractivity contribution in [1.82, 2.24) is 4.72 Å². The second kappa shape index (κ2) is 3.85. The van der Waals surface area contributed by atoms with Crippen LogP contribution in [-0.4, -0.2) is 32.4 Å². The highest BCUT2D eigenvalue weighted by atomic mass is 32.2. The predicted octanol–water partition coefficient (Wildman–Crippen LogP) is -0.00312. The Bertz CT molecular complexity index is 346. The molecule has 1 aliphatic heterocycles. The summed E-state index contributed by atoms with van der Waals surface area (Å²) in [6.45, 7) is 4.16. The molecule has 0 bridgehead atoms. The highest BCUT2D eigenvalue weighted by Crippen LogP contribution is 2.25. The van der Waals surface area contributed by atoms with E-state index in [1.807, 2.05) is 6.92 Å². The van der Waals surface area contributed by atoms with E-state index in [2.05, 4.69) is 4.72 Å². The van der Waals surface area contributed by atoms with E-state index < -0.39 is 21.3 Å². The van der Waals surface area contributed by atoms with Crippen LogP contribution >= 0.6 is 0 Å². The number of nitriles is 1. The van der Waals surface area contributed by atoms with E-state index in [1.54, 1.807) is 13.0 Å². The van der Waals surface area contributed by atoms with E-state index in [-0.39, 0.29) is 6.10 Å². The van der Waals surface area contributed by atoms with Crippen molar-refractivity contribution in [3.63, 3.8) is 0 Å². The zero-order valence-electron chi connectivity index (χ0n) is 8.28. The molecule has 1 fully saturated rings. The maximum Gasteiger partial charge on any atom is 0.225 e. The van der Waals surface area contributed by atoms with Crippen molar-refractivity contribution in [1.29, 1.82) is 5.26 Å². The monoisotopic (exact) mass is 218 g/mol. The van der Waals surface area contributed by atoms with Crippen molar-refractivity contribution in [2.24, 2.45) is 0 Å². The van der Waals surface area contributed by atoms with Crippen molar-refractivity contribution in [3.8, 4) is 6.07 Å². The molecular weight excluding hydrogens is 204 g/mol. The van der Waals surface area contributed by atoms with Crippen molar-refractivity contribution in [3.05, 3.63) is 0 Å². The number of rotatable bonds is 3. The largest absolute Gasteiger partial charge is 0.376 e. The molecule has 80 valence electrons. The lowest BCUT2D eigenvalue weighted by Gasteiger charge is -2.27. The van der Waals surface area contributed by atoms with E-state index in [0.29, 0.717) is 13.0 Å². The van der Waals surface area contributed by atoms with Gasteiger partial charge in [-0.3, -0.25) is 0 Å². The molecule has 2 unspecified atom stereocenters. The molecule has 1 heterocycles. The van der Waals surface area contributed by atoms with E-state index >= 15 is 0 Å². The standard InChI is InChI=1S/C8H14N2O3S/c1-7-8(2,3-5-13-7)10-14(11,12)6-4-9/h7,10H,3,5-6H2,1-2H3. The van der Waals surface area contributed by atoms with Gasteiger partial charge in [0.1, 0.15) is 0 Å². The minimum atomic E-state index is -3.50. The van der Waals surface area contributed by atoms with Gasteiger partial charge in [0.05, 0.1) is 17.7 Å². The fraction of sp³-hybridized carbons (Fsp3) is 0.875. The normalized spacial score (nSPS) is 32.8. The molecule has 1 aliphatic rings. The first kappa shape index (κ1) is 11.4. The molecule has 0 aromatic heterocycles. The van der Waals surface area contributed by atoms with E-state index in [1.165, 1.54) is 0 Å². The second-order valence-corrected chi connectivity index (χ2v) is 5.42. The Morgan fingerprint density at radius 3 is 2.79 bits per heavy atom. The van der Waals surface area contributed by atoms with E-state index in [0.717, 1.165) is 0 Å². The van der Waals surface area contributed by atoms with Crippen LogP contribution in [0.1, 0.15) is 20.3 Å². The summed E-state index contributed by atoms with van der Waals surface area (Å²) < 4.78 is 30.5. The van der Waals surface area contributed by atoms with Gasteiger partial charge in [-0.2, -0.15) is 5.26 Å². The molecule has 5 nitrogen and oxygen atoms in total. The van der Waals surface area contributed by atoms with Crippen LogP contribution in [0.2, 0.25) is 0 Å². The van der Waals surface area contributed by atoms with Gasteiger partial charge in [-0.25, -0.2) is 13.1 Å². The Balaban J connectivity index is 2.73. The smallest absolute Gasteiger partial charge is 0.225 e. The van der Waals surface area contributed by atoms with Crippen LogP contribution in [0.5, 0.6) is 0 Å². The third kappa shape index (κ3) is 2.44. The van der Waals surface area contributed by atoms with Crippen molar-refractivity contribution >= 4 is 10.0 Å². The van der Waals surface area contributed by atoms with Gasteiger partial charge in [-0.15, -0.1) is 0 Å². The number of hydrogen-bond donors (Lipinski definition) is 1. The highest BCUT2D eigenvalue weighted by molar-refractivity contribution is 7.89. The van der Waals surface area contributed by atoms with Crippen LogP contribution in [0.4, 0.5) is 0 Å². The second-order valence-electron chi connectivity index (χ2n) is 3.70. The van der Waals surface area contributed by atoms with Crippen molar-refractivity contribution in [2.75, 3.05) is 12.4 Å². The fourth-order valence-corrected chi connectivity index (χ4v) is 2.67. The molecule has 0 saturated carbocycles. The van der Waals surface area contributed by atoms with Crippen molar-refractivity contribution in [2.45, 2.75) is 31.9 Å². The molecule has 0 aromatic carbocycles. The SMILES string of the molecule is CC1OCCC1(C)NS(=O)(=O)CC#N. The fourth-order valence-electron chi connectivity index (χ4n) is 1.45. The number of nitrogens with one attached hydrogen (secondary N) is 1. The summed E-state index contributed by atoms with van der Waals surface area (Å²) in [5, 5.41) is 8.33. The quantitative estimate of drug-likeness (QED) is 0.723. The first-order chi connectivity index (χ1) is 6.40. The zero-order valence-corrected chi connectivity index (χ0v) is 9.10. The molecule has 2 atom stereocenters. The van der Waals surface area contributed by atoms with Gasteiger partial charge in [0, 0.05) is 6.61 Å². The van der Waals surface area contributed by atoms with Gasteiger partial charge in [-0.1, -0.05) is 0 Å². The van der Waals surface area contributed by atoms with Gasteiger partial charge in [0.25, 0.3) is 0 Å². The molecule has 0 aromatic rings. The molecule has 1 rings (SSSR count). The summed E-state index contributed by atoms with van der Waals surface area (Å²) in [6.07, 6.45) is 0.481. The third-order valence-corrected chi connectivity index (χ3v) is 3.82. The van der Waals surface area contributed by atoms with Crippen LogP contribution in [0.3, 0.4) is 0 Å². The highest BCUT2D eigenvalue weighted by Gasteiger charge is 2.39. The van der Waals surface area contributed by atoms with Gasteiger partial charge < -0.3 is 4.74 Å². The summed E-state index contributed by atoms with van der Waals surface area (Å²) in [5.41, 5.74) is -0.574. The van der Waals surface area contributed by atoms with Gasteiger partial charge in [-0.05, 0) is 20.3 Å². The molecule has 0 amide bonds. The topological polar surface area (TPSA) is 79.2 Å². The van der Waals surface area contributed by atoms with Crippen molar-refractivity contribution < 1.29 is 13.2 Å². The first-order valence-corrected chi connectivity index (χ1v) is 6.05.